The Balaban J connectivity index is 1.92. The fourth-order valence-corrected chi connectivity index (χ4v) is 2.54. The number of allylic oxidation sites excluding steroid dienone is 1. The molecule has 2 heterocycles. The highest BCUT2D eigenvalue weighted by atomic mass is 16.6. The van der Waals surface area contributed by atoms with E-state index in [4.69, 9.17) is 0 Å². The number of benzene rings is 1. The van der Waals surface area contributed by atoms with Crippen LogP contribution >= 0.6 is 0 Å². The maximum Gasteiger partial charge on any atom is 0.279 e. The second-order valence-electron chi connectivity index (χ2n) is 5.68. The highest BCUT2D eigenvalue weighted by Gasteiger charge is 2.10. The summed E-state index contributed by atoms with van der Waals surface area (Å²) in [6.07, 6.45) is 4.95. The van der Waals surface area contributed by atoms with Gasteiger partial charge < -0.3 is 9.67 Å². The molecule has 0 atom stereocenters. The molecule has 7 heteroatoms. The van der Waals surface area contributed by atoms with Gasteiger partial charge in [0.15, 0.2) is 0 Å². The van der Waals surface area contributed by atoms with Crippen molar-refractivity contribution in [3.63, 3.8) is 0 Å². The van der Waals surface area contributed by atoms with Gasteiger partial charge in [-0.1, -0.05) is 12.1 Å². The van der Waals surface area contributed by atoms with Gasteiger partial charge in [-0.2, -0.15) is 0 Å². The normalized spacial score (nSPS) is 11.6. The Bertz CT molecular complexity index is 986. The van der Waals surface area contributed by atoms with Gasteiger partial charge in [0, 0.05) is 37.1 Å². The van der Waals surface area contributed by atoms with Crippen molar-refractivity contribution in [2.75, 3.05) is 0 Å². The van der Waals surface area contributed by atoms with Crippen LogP contribution in [0.1, 0.15) is 18.2 Å². The SMILES string of the molecule is C/C(O)=C/c1cc2ccn(Cc3ccc([N+](=O)[O-])cc3)cc-2c(=O)n1. The molecule has 0 fully saturated rings. The first kappa shape index (κ1) is 16.4. The first-order chi connectivity index (χ1) is 11.9. The molecule has 0 amide bonds. The van der Waals surface area contributed by atoms with E-state index < -0.39 is 4.92 Å². The molecule has 0 unspecified atom stereocenters. The Hall–Kier alpha value is -3.48. The lowest BCUT2D eigenvalue weighted by atomic mass is 10.1. The summed E-state index contributed by atoms with van der Waals surface area (Å²) in [5.74, 6) is 0.0791. The average molecular weight is 337 g/mol. The maximum absolute atomic E-state index is 12.2. The molecule has 3 rings (SSSR count). The molecule has 0 saturated carbocycles. The van der Waals surface area contributed by atoms with Crippen molar-refractivity contribution in [2.45, 2.75) is 13.5 Å². The number of nitro benzene ring substituents is 1. The van der Waals surface area contributed by atoms with Gasteiger partial charge in [-0.25, -0.2) is 4.98 Å². The molecule has 7 nitrogen and oxygen atoms in total. The number of non-ortho nitro benzene ring substituents is 1. The smallest absolute Gasteiger partial charge is 0.279 e. The zero-order chi connectivity index (χ0) is 18.0. The Morgan fingerprint density at radius 1 is 1.32 bits per heavy atom. The van der Waals surface area contributed by atoms with E-state index in [-0.39, 0.29) is 17.0 Å². The van der Waals surface area contributed by atoms with Crippen LogP contribution in [0, 0.1) is 10.1 Å². The van der Waals surface area contributed by atoms with Crippen LogP contribution in [0.3, 0.4) is 0 Å². The topological polar surface area (TPSA) is 98.3 Å². The van der Waals surface area contributed by atoms with Crippen LogP contribution in [0.5, 0.6) is 0 Å². The molecule has 1 aromatic carbocycles. The lowest BCUT2D eigenvalue weighted by Crippen LogP contribution is -2.14. The predicted molar refractivity (Wildman–Crippen MR) is 93.6 cm³/mol. The molecule has 0 radical (unpaired) electrons. The van der Waals surface area contributed by atoms with Crippen LogP contribution in [-0.4, -0.2) is 19.6 Å². The van der Waals surface area contributed by atoms with E-state index in [1.54, 1.807) is 30.5 Å². The van der Waals surface area contributed by atoms with Crippen LogP contribution in [-0.2, 0) is 6.54 Å². The summed E-state index contributed by atoms with van der Waals surface area (Å²) in [7, 11) is 0. The Labute approximate surface area is 143 Å². The minimum absolute atomic E-state index is 0.0399. The number of rotatable bonds is 4. The van der Waals surface area contributed by atoms with Crippen molar-refractivity contribution in [3.8, 4) is 11.1 Å². The van der Waals surface area contributed by atoms with E-state index in [9.17, 15) is 20.0 Å². The molecule has 0 aromatic heterocycles. The number of nitro groups is 1. The number of pyridine rings is 2. The number of aliphatic hydroxyl groups is 1. The van der Waals surface area contributed by atoms with Gasteiger partial charge in [0.2, 0.25) is 0 Å². The standard InChI is InChI=1S/C18H15N3O4/c1-12(22)8-15-9-14-6-7-20(11-17(14)18(23)19-15)10-13-2-4-16(5-3-13)21(24)25/h2-9,11,22H,10H2,1H3/b12-8-. The van der Waals surface area contributed by atoms with Gasteiger partial charge >= 0.3 is 0 Å². The average Bonchev–Trinajstić information content (AvgIpc) is 2.55. The van der Waals surface area contributed by atoms with Crippen molar-refractivity contribution in [2.24, 2.45) is 0 Å². The number of fused-ring (bicyclic) bond motifs is 1. The Kier molecular flexibility index (Phi) is 4.30. The van der Waals surface area contributed by atoms with Gasteiger partial charge in [0.05, 0.1) is 21.9 Å². The quantitative estimate of drug-likeness (QED) is 0.448. The second-order valence-corrected chi connectivity index (χ2v) is 5.68. The second kappa shape index (κ2) is 6.56. The molecular formula is C18H15N3O4. The lowest BCUT2D eigenvalue weighted by molar-refractivity contribution is -0.384. The number of nitrogens with zero attached hydrogens (tertiary/aromatic N) is 3. The zero-order valence-electron chi connectivity index (χ0n) is 13.4. The highest BCUT2D eigenvalue weighted by molar-refractivity contribution is 5.66. The molecule has 1 N–H and O–H groups in total. The molecule has 0 spiro atoms. The fraction of sp³-hybridized carbons (Fsp3) is 0.111. The lowest BCUT2D eigenvalue weighted by Gasteiger charge is -2.11. The zero-order valence-corrected chi connectivity index (χ0v) is 13.4. The summed E-state index contributed by atoms with van der Waals surface area (Å²) in [4.78, 5) is 26.4. The summed E-state index contributed by atoms with van der Waals surface area (Å²) >= 11 is 0. The molecule has 25 heavy (non-hydrogen) atoms. The first-order valence-electron chi connectivity index (χ1n) is 7.54. The van der Waals surface area contributed by atoms with Crippen LogP contribution in [0.2, 0.25) is 0 Å². The van der Waals surface area contributed by atoms with E-state index in [2.05, 4.69) is 4.98 Å². The third-order valence-electron chi connectivity index (χ3n) is 3.69. The minimum Gasteiger partial charge on any atom is -0.513 e. The fourth-order valence-electron chi connectivity index (χ4n) is 2.54. The van der Waals surface area contributed by atoms with E-state index in [0.717, 1.165) is 11.1 Å². The first-order valence-corrected chi connectivity index (χ1v) is 7.54. The van der Waals surface area contributed by atoms with Crippen LogP contribution in [0.15, 0.2) is 59.3 Å². The summed E-state index contributed by atoms with van der Waals surface area (Å²) in [5, 5.41) is 20.0. The van der Waals surface area contributed by atoms with Gasteiger partial charge in [-0.05, 0) is 30.2 Å². The van der Waals surface area contributed by atoms with Crippen molar-refractivity contribution in [1.29, 1.82) is 0 Å². The summed E-state index contributed by atoms with van der Waals surface area (Å²) in [6, 6.07) is 9.80. The third-order valence-corrected chi connectivity index (χ3v) is 3.69. The van der Waals surface area contributed by atoms with Crippen molar-refractivity contribution >= 4 is 11.8 Å². The van der Waals surface area contributed by atoms with E-state index >= 15 is 0 Å². The number of hydrogen-bond donors (Lipinski definition) is 1. The molecule has 2 aliphatic rings. The number of aromatic nitrogens is 2. The van der Waals surface area contributed by atoms with Crippen LogP contribution < -0.4 is 5.56 Å². The van der Waals surface area contributed by atoms with Gasteiger partial charge in [-0.3, -0.25) is 14.9 Å². The number of hydrogen-bond acceptors (Lipinski definition) is 5. The largest absolute Gasteiger partial charge is 0.513 e. The van der Waals surface area contributed by atoms with Gasteiger partial charge in [0.1, 0.15) is 0 Å². The Morgan fingerprint density at radius 3 is 2.68 bits per heavy atom. The minimum atomic E-state index is -0.442. The predicted octanol–water partition coefficient (Wildman–Crippen LogP) is 3.22. The van der Waals surface area contributed by atoms with E-state index in [0.29, 0.717) is 17.8 Å². The van der Waals surface area contributed by atoms with E-state index in [1.807, 2.05) is 10.8 Å². The Morgan fingerprint density at radius 2 is 2.04 bits per heavy atom. The van der Waals surface area contributed by atoms with Gasteiger partial charge in [0.25, 0.3) is 11.2 Å². The van der Waals surface area contributed by atoms with Crippen molar-refractivity contribution in [3.05, 3.63) is 86.3 Å². The molecular weight excluding hydrogens is 322 g/mol. The molecule has 0 saturated heterocycles. The van der Waals surface area contributed by atoms with E-state index in [1.165, 1.54) is 25.1 Å². The molecule has 126 valence electrons. The molecule has 2 aliphatic heterocycles. The molecule has 0 bridgehead atoms. The molecule has 0 aliphatic carbocycles. The number of aliphatic hydroxyl groups excluding tert-OH is 1. The summed E-state index contributed by atoms with van der Waals surface area (Å²) in [5.41, 5.74) is 2.15. The molecule has 1 aromatic rings. The van der Waals surface area contributed by atoms with Crippen LogP contribution in [0.25, 0.3) is 17.2 Å². The van der Waals surface area contributed by atoms with Gasteiger partial charge in [-0.15, -0.1) is 0 Å². The third kappa shape index (κ3) is 3.72. The summed E-state index contributed by atoms with van der Waals surface area (Å²) < 4.78 is 1.82. The van der Waals surface area contributed by atoms with Crippen molar-refractivity contribution in [1.82, 2.24) is 9.55 Å². The highest BCUT2D eigenvalue weighted by Crippen LogP contribution is 2.19. The van der Waals surface area contributed by atoms with Crippen molar-refractivity contribution < 1.29 is 10.0 Å². The summed E-state index contributed by atoms with van der Waals surface area (Å²) in [6.45, 7) is 1.99. The maximum atomic E-state index is 12.2. The van der Waals surface area contributed by atoms with Crippen LogP contribution in [0.4, 0.5) is 5.69 Å². The monoisotopic (exact) mass is 337 g/mol.